The maximum atomic E-state index is 13.0. The molecule has 0 atom stereocenters. The number of nitrogens with zero attached hydrogens (tertiary/aromatic N) is 2. The predicted octanol–water partition coefficient (Wildman–Crippen LogP) is 6.67. The van der Waals surface area contributed by atoms with Crippen LogP contribution in [0, 0.1) is 0 Å². The van der Waals surface area contributed by atoms with Crippen molar-refractivity contribution >= 4 is 33.4 Å². The number of nitrogens with one attached hydrogen (secondary N) is 2. The van der Waals surface area contributed by atoms with Crippen LogP contribution in [-0.2, 0) is 6.18 Å². The van der Waals surface area contributed by atoms with Crippen molar-refractivity contribution in [2.24, 2.45) is 0 Å². The lowest BCUT2D eigenvalue weighted by Crippen LogP contribution is -2.04. The number of pyridine rings is 1. The molecule has 8 heteroatoms. The minimum atomic E-state index is -4.46. The zero-order chi connectivity index (χ0) is 21.4. The number of halogens is 3. The number of aromatic nitrogens is 3. The summed E-state index contributed by atoms with van der Waals surface area (Å²) in [6.45, 7) is 0. The van der Waals surface area contributed by atoms with E-state index < -0.39 is 11.7 Å². The second-order valence-corrected chi connectivity index (χ2v) is 6.91. The van der Waals surface area contributed by atoms with Gasteiger partial charge in [0, 0.05) is 6.20 Å². The molecule has 0 saturated carbocycles. The van der Waals surface area contributed by atoms with Crippen LogP contribution < -0.4 is 10.1 Å². The van der Waals surface area contributed by atoms with Gasteiger partial charge in [-0.3, -0.25) is 0 Å². The molecule has 0 bridgehead atoms. The number of ether oxygens (including phenoxy) is 1. The van der Waals surface area contributed by atoms with E-state index in [1.807, 2.05) is 36.4 Å². The summed E-state index contributed by atoms with van der Waals surface area (Å²) in [5.41, 5.74) is 1.30. The third-order valence-electron chi connectivity index (χ3n) is 4.75. The molecule has 3 aromatic carbocycles. The molecule has 2 N–H and O–H groups in total. The standard InChI is InChI=1S/C23H15F3N4O/c24-23(25,26)16-7-3-8-17(13-16)31-21-18(9-4-10-27-21)28-22-29-19-11-14-5-1-2-6-15(14)12-20(19)30-22/h1-13H,(H2,28,29,30). The Balaban J connectivity index is 1.45. The van der Waals surface area contributed by atoms with Gasteiger partial charge in [-0.1, -0.05) is 30.3 Å². The molecule has 0 fully saturated rings. The van der Waals surface area contributed by atoms with Crippen LogP contribution in [-0.4, -0.2) is 15.0 Å². The minimum absolute atomic E-state index is 0.0347. The summed E-state index contributed by atoms with van der Waals surface area (Å²) < 4.78 is 44.6. The smallest absolute Gasteiger partial charge is 0.416 e. The zero-order valence-electron chi connectivity index (χ0n) is 15.9. The minimum Gasteiger partial charge on any atom is -0.437 e. The Morgan fingerprint density at radius 3 is 2.48 bits per heavy atom. The number of fused-ring (bicyclic) bond motifs is 2. The van der Waals surface area contributed by atoms with Crippen molar-refractivity contribution in [3.8, 4) is 11.6 Å². The Labute approximate surface area is 174 Å². The van der Waals surface area contributed by atoms with Crippen molar-refractivity contribution in [2.45, 2.75) is 6.18 Å². The van der Waals surface area contributed by atoms with E-state index in [-0.39, 0.29) is 11.6 Å². The lowest BCUT2D eigenvalue weighted by atomic mass is 10.1. The maximum Gasteiger partial charge on any atom is 0.416 e. The average Bonchev–Trinajstić information content (AvgIpc) is 3.14. The predicted molar refractivity (Wildman–Crippen MR) is 113 cm³/mol. The number of imidazole rings is 1. The molecule has 0 spiro atoms. The molecule has 5 nitrogen and oxygen atoms in total. The van der Waals surface area contributed by atoms with Crippen LogP contribution >= 0.6 is 0 Å². The average molecular weight is 420 g/mol. The zero-order valence-corrected chi connectivity index (χ0v) is 15.9. The number of H-pyrrole nitrogens is 1. The van der Waals surface area contributed by atoms with Gasteiger partial charge in [-0.05, 0) is 53.2 Å². The van der Waals surface area contributed by atoms with Crippen molar-refractivity contribution in [3.63, 3.8) is 0 Å². The Hall–Kier alpha value is -4.07. The summed E-state index contributed by atoms with van der Waals surface area (Å²) in [4.78, 5) is 11.9. The largest absolute Gasteiger partial charge is 0.437 e. The molecular weight excluding hydrogens is 405 g/mol. The van der Waals surface area contributed by atoms with Gasteiger partial charge >= 0.3 is 6.18 Å². The molecule has 0 aliphatic carbocycles. The molecule has 5 rings (SSSR count). The topological polar surface area (TPSA) is 62.8 Å². The van der Waals surface area contributed by atoms with Gasteiger partial charge in [-0.25, -0.2) is 9.97 Å². The molecule has 0 aliphatic rings. The fourth-order valence-electron chi connectivity index (χ4n) is 3.30. The fraction of sp³-hybridized carbons (Fsp3) is 0.0435. The first kappa shape index (κ1) is 18.9. The van der Waals surface area contributed by atoms with E-state index in [2.05, 4.69) is 20.3 Å². The van der Waals surface area contributed by atoms with Crippen LogP contribution in [0.4, 0.5) is 24.8 Å². The summed E-state index contributed by atoms with van der Waals surface area (Å²) in [5, 5.41) is 5.26. The van der Waals surface area contributed by atoms with Gasteiger partial charge in [0.25, 0.3) is 0 Å². The van der Waals surface area contributed by atoms with Crippen molar-refractivity contribution in [1.29, 1.82) is 0 Å². The molecule has 0 saturated heterocycles. The van der Waals surface area contributed by atoms with Crippen molar-refractivity contribution in [2.75, 3.05) is 5.32 Å². The SMILES string of the molecule is FC(F)(F)c1cccc(Oc2ncccc2Nc2nc3cc4ccccc4cc3[nH]2)c1. The summed E-state index contributed by atoms with van der Waals surface area (Å²) in [6, 6.07) is 20.0. The van der Waals surface area contributed by atoms with Crippen LogP contribution in [0.1, 0.15) is 5.56 Å². The van der Waals surface area contributed by atoms with Gasteiger partial charge in [-0.2, -0.15) is 13.2 Å². The Kier molecular flexibility index (Phi) is 4.47. The van der Waals surface area contributed by atoms with E-state index >= 15 is 0 Å². The quantitative estimate of drug-likeness (QED) is 0.341. The van der Waals surface area contributed by atoms with E-state index in [0.29, 0.717) is 11.6 Å². The highest BCUT2D eigenvalue weighted by molar-refractivity contribution is 5.95. The number of rotatable bonds is 4. The fourth-order valence-corrected chi connectivity index (χ4v) is 3.30. The van der Waals surface area contributed by atoms with Crippen LogP contribution in [0.3, 0.4) is 0 Å². The third kappa shape index (κ3) is 3.87. The van der Waals surface area contributed by atoms with Crippen LogP contribution in [0.25, 0.3) is 21.8 Å². The molecule has 5 aromatic rings. The first-order valence-electron chi connectivity index (χ1n) is 9.41. The van der Waals surface area contributed by atoms with Crippen LogP contribution in [0.15, 0.2) is 79.0 Å². The first-order chi connectivity index (χ1) is 15.0. The van der Waals surface area contributed by atoms with Gasteiger partial charge in [0.15, 0.2) is 0 Å². The molecule has 0 amide bonds. The summed E-state index contributed by atoms with van der Waals surface area (Å²) >= 11 is 0. The number of anilines is 2. The lowest BCUT2D eigenvalue weighted by molar-refractivity contribution is -0.137. The summed E-state index contributed by atoms with van der Waals surface area (Å²) in [7, 11) is 0. The highest BCUT2D eigenvalue weighted by Crippen LogP contribution is 2.34. The van der Waals surface area contributed by atoms with E-state index in [1.54, 1.807) is 12.1 Å². The van der Waals surface area contributed by atoms with Crippen molar-refractivity contribution in [3.05, 3.63) is 84.6 Å². The molecule has 2 aromatic heterocycles. The van der Waals surface area contributed by atoms with Gasteiger partial charge < -0.3 is 15.0 Å². The third-order valence-corrected chi connectivity index (χ3v) is 4.75. The van der Waals surface area contributed by atoms with Gasteiger partial charge in [0.05, 0.1) is 16.6 Å². The van der Waals surface area contributed by atoms with Gasteiger partial charge in [0.2, 0.25) is 11.8 Å². The highest BCUT2D eigenvalue weighted by atomic mass is 19.4. The Bertz CT molecular complexity index is 1340. The van der Waals surface area contributed by atoms with Gasteiger partial charge in [0.1, 0.15) is 11.4 Å². The number of hydrogen-bond acceptors (Lipinski definition) is 4. The number of hydrogen-bond donors (Lipinski definition) is 2. The van der Waals surface area contributed by atoms with Gasteiger partial charge in [-0.15, -0.1) is 0 Å². The second-order valence-electron chi connectivity index (χ2n) is 6.91. The van der Waals surface area contributed by atoms with E-state index in [4.69, 9.17) is 4.74 Å². The molecule has 31 heavy (non-hydrogen) atoms. The van der Waals surface area contributed by atoms with E-state index in [9.17, 15) is 13.2 Å². The molecular formula is C23H15F3N4O. The number of aromatic amines is 1. The van der Waals surface area contributed by atoms with Crippen molar-refractivity contribution < 1.29 is 17.9 Å². The summed E-state index contributed by atoms with van der Waals surface area (Å²) in [6.07, 6.45) is -2.96. The number of benzene rings is 3. The molecule has 0 unspecified atom stereocenters. The maximum absolute atomic E-state index is 13.0. The molecule has 154 valence electrons. The second kappa shape index (κ2) is 7.32. The molecule has 0 aliphatic heterocycles. The summed E-state index contributed by atoms with van der Waals surface area (Å²) in [5.74, 6) is 0.632. The Morgan fingerprint density at radius 1 is 0.871 bits per heavy atom. The van der Waals surface area contributed by atoms with E-state index in [1.165, 1.54) is 18.3 Å². The monoisotopic (exact) mass is 420 g/mol. The molecule has 2 heterocycles. The van der Waals surface area contributed by atoms with Crippen LogP contribution in [0.5, 0.6) is 11.6 Å². The first-order valence-corrected chi connectivity index (χ1v) is 9.41. The number of alkyl halides is 3. The van der Waals surface area contributed by atoms with E-state index in [0.717, 1.165) is 33.9 Å². The lowest BCUT2D eigenvalue weighted by Gasteiger charge is -2.12. The highest BCUT2D eigenvalue weighted by Gasteiger charge is 2.30. The normalized spacial score (nSPS) is 11.7. The van der Waals surface area contributed by atoms with Crippen molar-refractivity contribution in [1.82, 2.24) is 15.0 Å². The Morgan fingerprint density at radius 2 is 1.68 bits per heavy atom. The molecule has 0 radical (unpaired) electrons. The van der Waals surface area contributed by atoms with Crippen LogP contribution in [0.2, 0.25) is 0 Å².